The van der Waals surface area contributed by atoms with E-state index < -0.39 is 17.8 Å². The van der Waals surface area contributed by atoms with Crippen molar-refractivity contribution in [3.8, 4) is 0 Å². The first-order chi connectivity index (χ1) is 12.6. The maximum Gasteiger partial charge on any atom is 0.326 e. The summed E-state index contributed by atoms with van der Waals surface area (Å²) in [7, 11) is 0. The predicted molar refractivity (Wildman–Crippen MR) is 99.0 cm³/mol. The quantitative estimate of drug-likeness (QED) is 0.887. The number of hydrogen-bond donors (Lipinski definition) is 2. The Morgan fingerprint density at radius 3 is 2.46 bits per heavy atom. The first-order valence-corrected chi connectivity index (χ1v) is 8.44. The Morgan fingerprint density at radius 2 is 1.77 bits per heavy atom. The lowest BCUT2D eigenvalue weighted by Gasteiger charge is -2.25. The van der Waals surface area contributed by atoms with Crippen molar-refractivity contribution in [2.24, 2.45) is 0 Å². The molecule has 3 rings (SSSR count). The molecule has 1 aliphatic heterocycles. The summed E-state index contributed by atoms with van der Waals surface area (Å²) in [4.78, 5) is 25.8. The molecule has 26 heavy (non-hydrogen) atoms. The number of hydrogen-bond acceptors (Lipinski definition) is 3. The number of nitrogens with zero attached hydrogens (tertiary/aromatic N) is 1. The van der Waals surface area contributed by atoms with Crippen molar-refractivity contribution >= 4 is 23.2 Å². The second-order valence-corrected chi connectivity index (χ2v) is 6.06. The molecule has 0 aliphatic carbocycles. The van der Waals surface area contributed by atoms with Gasteiger partial charge in [0.25, 0.3) is 0 Å². The van der Waals surface area contributed by atoms with Gasteiger partial charge in [0, 0.05) is 13.1 Å². The molecule has 2 aromatic rings. The fraction of sp³-hybridized carbons (Fsp3) is 0.200. The molecule has 0 unspecified atom stereocenters. The van der Waals surface area contributed by atoms with Crippen molar-refractivity contribution < 1.29 is 14.0 Å². The van der Waals surface area contributed by atoms with Gasteiger partial charge in [0.15, 0.2) is 0 Å². The number of carbonyl (C=O) groups is 2. The number of benzene rings is 2. The molecule has 1 aliphatic rings. The van der Waals surface area contributed by atoms with E-state index in [1.165, 1.54) is 29.3 Å². The highest BCUT2D eigenvalue weighted by atomic mass is 19.1. The van der Waals surface area contributed by atoms with Gasteiger partial charge < -0.3 is 5.32 Å². The summed E-state index contributed by atoms with van der Waals surface area (Å²) in [6.07, 6.45) is 2.95. The summed E-state index contributed by atoms with van der Waals surface area (Å²) in [5.74, 6) is -0.972. The van der Waals surface area contributed by atoms with Gasteiger partial charge in [0.2, 0.25) is 5.91 Å². The van der Waals surface area contributed by atoms with Crippen LogP contribution in [-0.4, -0.2) is 36.5 Å². The maximum absolute atomic E-state index is 13.5. The molecule has 0 radical (unpaired) electrons. The number of halogens is 1. The molecular formula is C20H20FN3O2. The fourth-order valence-electron chi connectivity index (χ4n) is 2.85. The van der Waals surface area contributed by atoms with E-state index in [9.17, 15) is 14.0 Å². The number of anilines is 1. The van der Waals surface area contributed by atoms with E-state index in [1.807, 2.05) is 23.1 Å². The van der Waals surface area contributed by atoms with Gasteiger partial charge in [0.1, 0.15) is 5.82 Å². The molecule has 0 spiro atoms. The Hall–Kier alpha value is -2.99. The van der Waals surface area contributed by atoms with Crippen LogP contribution >= 0.6 is 0 Å². The van der Waals surface area contributed by atoms with E-state index in [-0.39, 0.29) is 12.2 Å². The number of amides is 3. The lowest BCUT2D eigenvalue weighted by Crippen LogP contribution is -2.43. The molecule has 0 atom stereocenters. The van der Waals surface area contributed by atoms with Crippen molar-refractivity contribution in [3.05, 3.63) is 72.1 Å². The summed E-state index contributed by atoms with van der Waals surface area (Å²) in [6.45, 7) is 1.50. The molecule has 0 aromatic heterocycles. The number of rotatable bonds is 4. The first kappa shape index (κ1) is 17.8. The molecule has 3 amide bonds. The average Bonchev–Trinajstić information content (AvgIpc) is 2.65. The molecule has 2 N–H and O–H groups in total. The van der Waals surface area contributed by atoms with Crippen LogP contribution in [0.4, 0.5) is 14.9 Å². The Morgan fingerprint density at radius 1 is 1.04 bits per heavy atom. The van der Waals surface area contributed by atoms with Crippen LogP contribution in [0.15, 0.2) is 60.7 Å². The lowest BCUT2D eigenvalue weighted by molar-refractivity contribution is -0.121. The zero-order valence-corrected chi connectivity index (χ0v) is 14.2. The Labute approximate surface area is 151 Å². The molecule has 1 heterocycles. The summed E-state index contributed by atoms with van der Waals surface area (Å²) in [6, 6.07) is 15.2. The molecule has 2 aromatic carbocycles. The third-order valence-corrected chi connectivity index (χ3v) is 4.18. The number of urea groups is 1. The highest BCUT2D eigenvalue weighted by Crippen LogP contribution is 2.21. The highest BCUT2D eigenvalue weighted by Gasteiger charge is 2.17. The van der Waals surface area contributed by atoms with Gasteiger partial charge in [-0.3, -0.25) is 15.0 Å². The van der Waals surface area contributed by atoms with Crippen LogP contribution in [0.5, 0.6) is 0 Å². The van der Waals surface area contributed by atoms with Crippen LogP contribution in [-0.2, 0) is 4.79 Å². The Bertz CT molecular complexity index is 821. The lowest BCUT2D eigenvalue weighted by atomic mass is 10.00. The standard InChI is InChI=1S/C20H20FN3O2/c21-17-8-4-5-9-18(17)22-20(26)23-19(25)14-24-12-10-16(11-13-24)15-6-2-1-3-7-15/h1-10H,11-14H2,(H2,22,23,25,26). The molecule has 0 bridgehead atoms. The van der Waals surface area contributed by atoms with Crippen LogP contribution in [0.3, 0.4) is 0 Å². The van der Waals surface area contributed by atoms with E-state index in [1.54, 1.807) is 6.07 Å². The molecule has 0 fully saturated rings. The molecule has 6 heteroatoms. The van der Waals surface area contributed by atoms with Gasteiger partial charge in [0.05, 0.1) is 12.2 Å². The number of imide groups is 1. The fourth-order valence-corrected chi connectivity index (χ4v) is 2.85. The minimum Gasteiger partial charge on any atom is -0.305 e. The highest BCUT2D eigenvalue weighted by molar-refractivity contribution is 6.01. The van der Waals surface area contributed by atoms with Crippen molar-refractivity contribution in [3.63, 3.8) is 0 Å². The predicted octanol–water partition coefficient (Wildman–Crippen LogP) is 3.26. The molecule has 134 valence electrons. The third kappa shape index (κ3) is 4.77. The summed E-state index contributed by atoms with van der Waals surface area (Å²) >= 11 is 0. The normalized spacial score (nSPS) is 14.4. The van der Waals surface area contributed by atoms with E-state index >= 15 is 0 Å². The summed E-state index contributed by atoms with van der Waals surface area (Å²) in [5, 5.41) is 4.56. The van der Waals surface area contributed by atoms with Crippen LogP contribution in [0.1, 0.15) is 12.0 Å². The van der Waals surface area contributed by atoms with Gasteiger partial charge in [-0.15, -0.1) is 0 Å². The van der Waals surface area contributed by atoms with Gasteiger partial charge in [-0.1, -0.05) is 48.5 Å². The molecule has 0 saturated heterocycles. The van der Waals surface area contributed by atoms with E-state index in [0.717, 1.165) is 13.0 Å². The maximum atomic E-state index is 13.5. The monoisotopic (exact) mass is 353 g/mol. The van der Waals surface area contributed by atoms with Crippen molar-refractivity contribution in [2.45, 2.75) is 6.42 Å². The largest absolute Gasteiger partial charge is 0.326 e. The van der Waals surface area contributed by atoms with Gasteiger partial charge >= 0.3 is 6.03 Å². The Balaban J connectivity index is 1.48. The minimum absolute atomic E-state index is 0.0335. The first-order valence-electron chi connectivity index (χ1n) is 8.44. The van der Waals surface area contributed by atoms with Gasteiger partial charge in [-0.2, -0.15) is 0 Å². The minimum atomic E-state index is -0.738. The van der Waals surface area contributed by atoms with Crippen molar-refractivity contribution in [1.82, 2.24) is 10.2 Å². The van der Waals surface area contributed by atoms with Crippen LogP contribution < -0.4 is 10.6 Å². The third-order valence-electron chi connectivity index (χ3n) is 4.18. The molecular weight excluding hydrogens is 333 g/mol. The average molecular weight is 353 g/mol. The van der Waals surface area contributed by atoms with E-state index in [0.29, 0.717) is 6.54 Å². The molecule has 0 saturated carbocycles. The van der Waals surface area contributed by atoms with Crippen LogP contribution in [0, 0.1) is 5.82 Å². The number of nitrogens with one attached hydrogen (secondary N) is 2. The zero-order valence-electron chi connectivity index (χ0n) is 14.2. The van der Waals surface area contributed by atoms with E-state index in [2.05, 4.69) is 28.8 Å². The van der Waals surface area contributed by atoms with Crippen molar-refractivity contribution in [2.75, 3.05) is 25.0 Å². The smallest absolute Gasteiger partial charge is 0.305 e. The zero-order chi connectivity index (χ0) is 18.4. The van der Waals surface area contributed by atoms with Gasteiger partial charge in [-0.25, -0.2) is 9.18 Å². The second-order valence-electron chi connectivity index (χ2n) is 6.06. The number of para-hydroxylation sites is 1. The summed E-state index contributed by atoms with van der Waals surface area (Å²) in [5.41, 5.74) is 2.49. The summed E-state index contributed by atoms with van der Waals surface area (Å²) < 4.78 is 13.5. The SMILES string of the molecule is O=C(CN1CC=C(c2ccccc2)CC1)NC(=O)Nc1ccccc1F. The van der Waals surface area contributed by atoms with Gasteiger partial charge in [-0.05, 0) is 29.7 Å². The van der Waals surface area contributed by atoms with E-state index in [4.69, 9.17) is 0 Å². The Kier molecular flexibility index (Phi) is 5.76. The van der Waals surface area contributed by atoms with Crippen LogP contribution in [0.25, 0.3) is 5.57 Å². The second kappa shape index (κ2) is 8.40. The van der Waals surface area contributed by atoms with Crippen molar-refractivity contribution in [1.29, 1.82) is 0 Å². The van der Waals surface area contributed by atoms with Crippen LogP contribution in [0.2, 0.25) is 0 Å². The number of carbonyl (C=O) groups excluding carboxylic acids is 2. The topological polar surface area (TPSA) is 61.4 Å². The molecule has 5 nitrogen and oxygen atoms in total.